The van der Waals surface area contributed by atoms with Gasteiger partial charge in [0.25, 0.3) is 5.91 Å². The van der Waals surface area contributed by atoms with Crippen LogP contribution in [-0.4, -0.2) is 32.3 Å². The summed E-state index contributed by atoms with van der Waals surface area (Å²) in [7, 11) is 0. The molecule has 0 fully saturated rings. The number of halogens is 1. The molecule has 5 aromatic rings. The van der Waals surface area contributed by atoms with Crippen LogP contribution in [0.3, 0.4) is 0 Å². The smallest absolute Gasteiger partial charge is 0.255 e. The van der Waals surface area contributed by atoms with E-state index in [1.54, 1.807) is 59.9 Å². The van der Waals surface area contributed by atoms with Crippen LogP contribution in [0.1, 0.15) is 56.0 Å². The van der Waals surface area contributed by atoms with E-state index in [0.717, 1.165) is 33.2 Å². The maximum atomic E-state index is 13.4. The summed E-state index contributed by atoms with van der Waals surface area (Å²) in [6.45, 7) is 6.07. The van der Waals surface area contributed by atoms with Crippen molar-refractivity contribution in [3.8, 4) is 5.00 Å². The van der Waals surface area contributed by atoms with Crippen molar-refractivity contribution in [3.63, 3.8) is 0 Å². The molecular weight excluding hydrogens is 582 g/mol. The number of nitrogens with zero attached hydrogens (tertiary/aromatic N) is 4. The van der Waals surface area contributed by atoms with Crippen LogP contribution in [0.2, 0.25) is 5.02 Å². The zero-order valence-electron chi connectivity index (χ0n) is 23.7. The van der Waals surface area contributed by atoms with Crippen LogP contribution in [0.25, 0.3) is 5.00 Å². The molecule has 216 valence electrons. The first kappa shape index (κ1) is 28.3. The predicted molar refractivity (Wildman–Crippen MR) is 172 cm³/mol. The van der Waals surface area contributed by atoms with Crippen LogP contribution in [0, 0.1) is 20.8 Å². The molecule has 0 spiro atoms. The minimum atomic E-state index is -0.590. The molecule has 1 atom stereocenters. The number of amides is 2. The van der Waals surface area contributed by atoms with E-state index in [9.17, 15) is 9.59 Å². The highest BCUT2D eigenvalue weighted by Gasteiger charge is 2.32. The molecule has 0 unspecified atom stereocenters. The van der Waals surface area contributed by atoms with Gasteiger partial charge in [-0.05, 0) is 74.9 Å². The second-order valence-electron chi connectivity index (χ2n) is 10.3. The number of anilines is 3. The van der Waals surface area contributed by atoms with Gasteiger partial charge in [-0.15, -0.1) is 21.5 Å². The van der Waals surface area contributed by atoms with Gasteiger partial charge in [0, 0.05) is 32.3 Å². The monoisotopic (exact) mass is 609 g/mol. The fraction of sp³-hybridized carbons (Fsp3) is 0.156. The number of carbonyl (C=O) groups excluding carboxylic acids is 2. The molecule has 1 aliphatic heterocycles. The van der Waals surface area contributed by atoms with Crippen LogP contribution in [0.5, 0.6) is 0 Å². The van der Waals surface area contributed by atoms with Crippen molar-refractivity contribution in [2.24, 2.45) is 4.99 Å². The average molecular weight is 610 g/mol. The highest BCUT2D eigenvalue weighted by atomic mass is 35.5. The molecule has 0 saturated heterocycles. The quantitative estimate of drug-likeness (QED) is 0.185. The van der Waals surface area contributed by atoms with Crippen molar-refractivity contribution in [3.05, 3.63) is 117 Å². The third kappa shape index (κ3) is 5.54. The molecule has 3 aromatic carbocycles. The van der Waals surface area contributed by atoms with E-state index < -0.39 is 6.04 Å². The summed E-state index contributed by atoms with van der Waals surface area (Å²) in [6.07, 6.45) is 0.0394. The molecule has 6 rings (SSSR count). The maximum absolute atomic E-state index is 13.4. The molecule has 2 amide bonds. The summed E-state index contributed by atoms with van der Waals surface area (Å²) in [5.74, 6) is 0.780. The largest absolute Gasteiger partial charge is 0.397 e. The molecule has 3 heterocycles. The second-order valence-corrected chi connectivity index (χ2v) is 11.9. The molecule has 9 nitrogen and oxygen atoms in total. The molecule has 4 N–H and O–H groups in total. The van der Waals surface area contributed by atoms with Crippen LogP contribution < -0.4 is 16.4 Å². The first-order valence-corrected chi connectivity index (χ1v) is 14.8. The fourth-order valence-electron chi connectivity index (χ4n) is 5.03. The van der Waals surface area contributed by atoms with Gasteiger partial charge in [-0.25, -0.2) is 0 Å². The van der Waals surface area contributed by atoms with Gasteiger partial charge in [0.2, 0.25) is 5.91 Å². The van der Waals surface area contributed by atoms with Gasteiger partial charge < -0.3 is 16.4 Å². The number of para-hydroxylation sites is 2. The lowest BCUT2D eigenvalue weighted by atomic mass is 9.99. The molecule has 43 heavy (non-hydrogen) atoms. The summed E-state index contributed by atoms with van der Waals surface area (Å²) < 4.78 is 2.01. The lowest BCUT2D eigenvalue weighted by molar-refractivity contribution is -0.116. The van der Waals surface area contributed by atoms with Gasteiger partial charge in [-0.1, -0.05) is 35.9 Å². The first-order chi connectivity index (χ1) is 20.7. The number of aliphatic imine (C=N–C) groups is 1. The first-order valence-electron chi connectivity index (χ1n) is 13.6. The number of carbonyl (C=O) groups is 2. The third-order valence-electron chi connectivity index (χ3n) is 7.38. The normalized spacial score (nSPS) is 13.9. The van der Waals surface area contributed by atoms with Crippen molar-refractivity contribution in [1.29, 1.82) is 0 Å². The SMILES string of the molecule is Cc1sc2c(c1C)C(c1ccc(Cl)cc1)=N[C@@H](CC(=O)Nc1ccc(C(=O)Nc3ccccc3N)cc1)c1nnc(C)n1-2. The number of aromatic nitrogens is 3. The molecular formula is C32H28ClN7O2S. The minimum Gasteiger partial charge on any atom is -0.397 e. The van der Waals surface area contributed by atoms with E-state index in [4.69, 9.17) is 22.3 Å². The van der Waals surface area contributed by atoms with Gasteiger partial charge in [0.15, 0.2) is 5.82 Å². The Labute approximate surface area is 257 Å². The highest BCUT2D eigenvalue weighted by Crippen LogP contribution is 2.39. The fourth-order valence-corrected chi connectivity index (χ4v) is 6.37. The van der Waals surface area contributed by atoms with Gasteiger partial charge >= 0.3 is 0 Å². The third-order valence-corrected chi connectivity index (χ3v) is 8.82. The Bertz CT molecular complexity index is 1890. The van der Waals surface area contributed by atoms with Crippen molar-refractivity contribution >= 4 is 57.5 Å². The molecule has 0 aliphatic carbocycles. The summed E-state index contributed by atoms with van der Waals surface area (Å²) in [5, 5.41) is 16.2. The van der Waals surface area contributed by atoms with Crippen LogP contribution in [0.4, 0.5) is 17.1 Å². The predicted octanol–water partition coefficient (Wildman–Crippen LogP) is 6.66. The number of thiophene rings is 1. The van der Waals surface area contributed by atoms with Crippen molar-refractivity contribution in [1.82, 2.24) is 14.8 Å². The lowest BCUT2D eigenvalue weighted by Crippen LogP contribution is -2.17. The molecule has 2 aromatic heterocycles. The Morgan fingerprint density at radius 2 is 1.67 bits per heavy atom. The molecule has 1 aliphatic rings. The highest BCUT2D eigenvalue weighted by molar-refractivity contribution is 7.15. The number of nitrogen functional groups attached to an aromatic ring is 1. The van der Waals surface area contributed by atoms with Crippen molar-refractivity contribution in [2.75, 3.05) is 16.4 Å². The van der Waals surface area contributed by atoms with E-state index in [-0.39, 0.29) is 18.2 Å². The van der Waals surface area contributed by atoms with E-state index >= 15 is 0 Å². The molecule has 11 heteroatoms. The van der Waals surface area contributed by atoms with E-state index in [0.29, 0.717) is 33.5 Å². The summed E-state index contributed by atoms with van der Waals surface area (Å²) >= 11 is 7.86. The van der Waals surface area contributed by atoms with Crippen LogP contribution in [0.15, 0.2) is 77.8 Å². The molecule has 0 radical (unpaired) electrons. The Hall–Kier alpha value is -4.80. The zero-order chi connectivity index (χ0) is 30.2. The summed E-state index contributed by atoms with van der Waals surface area (Å²) in [5.41, 5.74) is 11.8. The number of benzene rings is 3. The van der Waals surface area contributed by atoms with E-state index in [1.807, 2.05) is 35.8 Å². The number of fused-ring (bicyclic) bond motifs is 3. The van der Waals surface area contributed by atoms with E-state index in [1.165, 1.54) is 4.88 Å². The summed E-state index contributed by atoms with van der Waals surface area (Å²) in [4.78, 5) is 32.4. The number of nitrogens with one attached hydrogen (secondary N) is 2. The number of rotatable bonds is 6. The number of nitrogens with two attached hydrogens (primary N) is 1. The maximum Gasteiger partial charge on any atom is 0.255 e. The van der Waals surface area contributed by atoms with Crippen LogP contribution >= 0.6 is 22.9 Å². The van der Waals surface area contributed by atoms with Gasteiger partial charge in [-0.3, -0.25) is 19.1 Å². The zero-order valence-corrected chi connectivity index (χ0v) is 25.3. The van der Waals surface area contributed by atoms with Crippen molar-refractivity contribution in [2.45, 2.75) is 33.2 Å². The Morgan fingerprint density at radius 1 is 0.953 bits per heavy atom. The second kappa shape index (κ2) is 11.5. The Morgan fingerprint density at radius 3 is 2.40 bits per heavy atom. The van der Waals surface area contributed by atoms with Gasteiger partial charge in [0.1, 0.15) is 16.9 Å². The molecule has 0 bridgehead atoms. The number of aryl methyl sites for hydroxylation is 2. The van der Waals surface area contributed by atoms with Crippen LogP contribution in [-0.2, 0) is 4.79 Å². The van der Waals surface area contributed by atoms with Crippen molar-refractivity contribution < 1.29 is 9.59 Å². The number of hydrogen-bond acceptors (Lipinski definition) is 7. The minimum absolute atomic E-state index is 0.0394. The number of hydrogen-bond donors (Lipinski definition) is 3. The summed E-state index contributed by atoms with van der Waals surface area (Å²) in [6, 6.07) is 20.7. The van der Waals surface area contributed by atoms with Gasteiger partial charge in [0.05, 0.1) is 23.5 Å². The Balaban J connectivity index is 1.27. The van der Waals surface area contributed by atoms with E-state index in [2.05, 4.69) is 34.7 Å². The topological polar surface area (TPSA) is 127 Å². The lowest BCUT2D eigenvalue weighted by Gasteiger charge is -2.13. The standard InChI is InChI=1S/C32H28ClN7O2S/c1-17-18(2)43-32-28(17)29(20-8-12-22(33)13-9-20)36-26(30-39-38-19(3)40(30)32)16-27(41)35-23-14-10-21(11-15-23)31(42)37-25-7-5-4-6-24(25)34/h4-15,26H,16,34H2,1-3H3,(H,35,41)(H,37,42)/t26-/m0/s1. The Kier molecular flexibility index (Phi) is 7.55. The average Bonchev–Trinajstić information content (AvgIpc) is 3.47. The molecule has 0 saturated carbocycles. The van der Waals surface area contributed by atoms with Gasteiger partial charge in [-0.2, -0.15) is 0 Å².